The van der Waals surface area contributed by atoms with Crippen molar-refractivity contribution in [2.45, 2.75) is 38.5 Å². The molecule has 0 bridgehead atoms. The van der Waals surface area contributed by atoms with Gasteiger partial charge in [-0.2, -0.15) is 5.10 Å². The minimum atomic E-state index is -0.786. The Bertz CT molecular complexity index is 656. The average Bonchev–Trinajstić information content (AvgIpc) is 3.00. The molecule has 2 aromatic heterocycles. The monoisotopic (exact) mass is 274 g/mol. The van der Waals surface area contributed by atoms with Gasteiger partial charge in [0.05, 0.1) is 17.0 Å². The van der Waals surface area contributed by atoms with E-state index in [-0.39, 0.29) is 0 Å². The van der Waals surface area contributed by atoms with Gasteiger partial charge in [-0.25, -0.2) is 4.98 Å². The number of H-pyrrole nitrogens is 1. The lowest BCUT2D eigenvalue weighted by Crippen LogP contribution is -2.17. The number of hydrogen-bond acceptors (Lipinski definition) is 3. The summed E-state index contributed by atoms with van der Waals surface area (Å²) >= 11 is 0. The fourth-order valence-electron chi connectivity index (χ4n) is 2.88. The largest absolute Gasteiger partial charge is 0.481 e. The molecule has 106 valence electrons. The Morgan fingerprint density at radius 2 is 2.40 bits per heavy atom. The van der Waals surface area contributed by atoms with Crippen molar-refractivity contribution in [1.29, 1.82) is 0 Å². The third-order valence-corrected chi connectivity index (χ3v) is 3.85. The van der Waals surface area contributed by atoms with E-state index in [2.05, 4.69) is 22.0 Å². The molecule has 6 nitrogen and oxygen atoms in total. The van der Waals surface area contributed by atoms with Crippen molar-refractivity contribution in [3.8, 4) is 11.4 Å². The molecule has 2 heterocycles. The molecule has 2 aromatic rings. The Hall–Kier alpha value is -2.11. The minimum Gasteiger partial charge on any atom is -0.481 e. The highest BCUT2D eigenvalue weighted by atomic mass is 16.4. The fraction of sp³-hybridized carbons (Fsp3) is 0.500. The van der Waals surface area contributed by atoms with E-state index in [0.717, 1.165) is 42.0 Å². The normalized spacial score (nSPS) is 18.0. The molecule has 20 heavy (non-hydrogen) atoms. The molecule has 1 aliphatic rings. The van der Waals surface area contributed by atoms with Crippen molar-refractivity contribution in [3.05, 3.63) is 23.3 Å². The van der Waals surface area contributed by atoms with Gasteiger partial charge < -0.3 is 10.1 Å². The summed E-state index contributed by atoms with van der Waals surface area (Å²) in [5.41, 5.74) is 3.60. The van der Waals surface area contributed by atoms with Gasteiger partial charge in [0.1, 0.15) is 11.7 Å². The van der Waals surface area contributed by atoms with E-state index in [0.29, 0.717) is 12.1 Å². The number of fused-ring (bicyclic) bond motifs is 1. The first-order valence-electron chi connectivity index (χ1n) is 6.94. The number of hydrogen-bond donors (Lipinski definition) is 2. The number of nitrogens with one attached hydrogen (secondary N) is 1. The Morgan fingerprint density at radius 3 is 3.10 bits per heavy atom. The SMILES string of the molecule is CCc1nn(C)cc1-c1nc2c([nH]1)CCCC2C(=O)O. The van der Waals surface area contributed by atoms with E-state index in [9.17, 15) is 9.90 Å². The molecule has 0 aromatic carbocycles. The van der Waals surface area contributed by atoms with Gasteiger partial charge in [-0.05, 0) is 25.7 Å². The fourth-order valence-corrected chi connectivity index (χ4v) is 2.88. The number of imidazole rings is 1. The number of aryl methyl sites for hydroxylation is 3. The predicted octanol–water partition coefficient (Wildman–Crippen LogP) is 1.88. The van der Waals surface area contributed by atoms with Crippen LogP contribution in [0.4, 0.5) is 0 Å². The molecular weight excluding hydrogens is 256 g/mol. The minimum absolute atomic E-state index is 0.481. The Balaban J connectivity index is 2.06. The van der Waals surface area contributed by atoms with Gasteiger partial charge in [0, 0.05) is 18.9 Å². The summed E-state index contributed by atoms with van der Waals surface area (Å²) in [6, 6.07) is 0. The van der Waals surface area contributed by atoms with Crippen LogP contribution in [0.25, 0.3) is 11.4 Å². The van der Waals surface area contributed by atoms with Gasteiger partial charge in [0.2, 0.25) is 0 Å². The standard InChI is InChI=1S/C14H18N4O2/c1-3-10-9(7-18(2)17-10)13-15-11-6-4-5-8(14(19)20)12(11)16-13/h7-8H,3-6H2,1-2H3,(H,15,16)(H,19,20). The summed E-state index contributed by atoms with van der Waals surface area (Å²) in [5.74, 6) is -0.524. The maximum atomic E-state index is 11.3. The number of carboxylic acids is 1. The van der Waals surface area contributed by atoms with Crippen LogP contribution in [-0.2, 0) is 24.7 Å². The quantitative estimate of drug-likeness (QED) is 0.895. The number of carboxylic acid groups (broad SMARTS) is 1. The van der Waals surface area contributed by atoms with E-state index in [1.807, 2.05) is 13.2 Å². The lowest BCUT2D eigenvalue weighted by Gasteiger charge is -2.16. The first-order valence-corrected chi connectivity index (χ1v) is 6.94. The third kappa shape index (κ3) is 2.01. The van der Waals surface area contributed by atoms with E-state index in [1.165, 1.54) is 0 Å². The molecule has 0 saturated heterocycles. The van der Waals surface area contributed by atoms with Crippen LogP contribution in [0.15, 0.2) is 6.20 Å². The molecule has 0 spiro atoms. The number of carbonyl (C=O) groups is 1. The van der Waals surface area contributed by atoms with E-state index in [1.54, 1.807) is 4.68 Å². The zero-order chi connectivity index (χ0) is 14.3. The number of nitrogens with zero attached hydrogens (tertiary/aromatic N) is 3. The molecule has 1 aliphatic carbocycles. The van der Waals surface area contributed by atoms with Crippen LogP contribution in [-0.4, -0.2) is 30.8 Å². The molecule has 0 radical (unpaired) electrons. The van der Waals surface area contributed by atoms with Gasteiger partial charge in [0.25, 0.3) is 0 Å². The predicted molar refractivity (Wildman–Crippen MR) is 73.5 cm³/mol. The van der Waals surface area contributed by atoms with Crippen molar-refractivity contribution in [3.63, 3.8) is 0 Å². The maximum absolute atomic E-state index is 11.3. The molecular formula is C14H18N4O2. The number of rotatable bonds is 3. The second-order valence-electron chi connectivity index (χ2n) is 5.25. The van der Waals surface area contributed by atoms with Crippen LogP contribution in [0.2, 0.25) is 0 Å². The maximum Gasteiger partial charge on any atom is 0.312 e. The van der Waals surface area contributed by atoms with Crippen LogP contribution >= 0.6 is 0 Å². The summed E-state index contributed by atoms with van der Waals surface area (Å²) < 4.78 is 1.77. The van der Waals surface area contributed by atoms with Gasteiger partial charge >= 0.3 is 5.97 Å². The molecule has 3 rings (SSSR count). The van der Waals surface area contributed by atoms with Crippen molar-refractivity contribution in [2.24, 2.45) is 7.05 Å². The van der Waals surface area contributed by atoms with Crippen LogP contribution in [0.3, 0.4) is 0 Å². The highest BCUT2D eigenvalue weighted by Crippen LogP contribution is 2.33. The highest BCUT2D eigenvalue weighted by Gasteiger charge is 2.30. The summed E-state index contributed by atoms with van der Waals surface area (Å²) in [6.45, 7) is 2.05. The van der Waals surface area contributed by atoms with Gasteiger partial charge in [-0.3, -0.25) is 9.48 Å². The van der Waals surface area contributed by atoms with Crippen LogP contribution in [0.5, 0.6) is 0 Å². The topological polar surface area (TPSA) is 83.8 Å². The van der Waals surface area contributed by atoms with Gasteiger partial charge in [0.15, 0.2) is 0 Å². The lowest BCUT2D eigenvalue weighted by atomic mass is 9.90. The second kappa shape index (κ2) is 4.77. The van der Waals surface area contributed by atoms with E-state index in [4.69, 9.17) is 0 Å². The Labute approximate surface area is 116 Å². The average molecular weight is 274 g/mol. The Kier molecular flexibility index (Phi) is 3.08. The van der Waals surface area contributed by atoms with Gasteiger partial charge in [-0.1, -0.05) is 6.92 Å². The van der Waals surface area contributed by atoms with Crippen LogP contribution in [0, 0.1) is 0 Å². The summed E-state index contributed by atoms with van der Waals surface area (Å²) in [5, 5.41) is 13.7. The summed E-state index contributed by atoms with van der Waals surface area (Å²) in [7, 11) is 1.88. The lowest BCUT2D eigenvalue weighted by molar-refractivity contribution is -0.139. The second-order valence-corrected chi connectivity index (χ2v) is 5.25. The molecule has 0 saturated carbocycles. The van der Waals surface area contributed by atoms with Crippen molar-refractivity contribution in [1.82, 2.24) is 19.7 Å². The first kappa shape index (κ1) is 12.9. The summed E-state index contributed by atoms with van der Waals surface area (Å²) in [6.07, 6.45) is 5.18. The number of aliphatic carboxylic acids is 1. The molecule has 0 aliphatic heterocycles. The van der Waals surface area contributed by atoms with Crippen molar-refractivity contribution >= 4 is 5.97 Å². The molecule has 1 atom stereocenters. The zero-order valence-corrected chi connectivity index (χ0v) is 11.7. The molecule has 1 unspecified atom stereocenters. The smallest absolute Gasteiger partial charge is 0.312 e. The molecule has 0 amide bonds. The zero-order valence-electron chi connectivity index (χ0n) is 11.7. The summed E-state index contributed by atoms with van der Waals surface area (Å²) in [4.78, 5) is 19.2. The third-order valence-electron chi connectivity index (χ3n) is 3.85. The number of aromatic nitrogens is 4. The Morgan fingerprint density at radius 1 is 1.60 bits per heavy atom. The highest BCUT2D eigenvalue weighted by molar-refractivity contribution is 5.76. The molecule has 6 heteroatoms. The molecule has 0 fully saturated rings. The van der Waals surface area contributed by atoms with Crippen LogP contribution < -0.4 is 0 Å². The number of aromatic amines is 1. The molecule has 2 N–H and O–H groups in total. The van der Waals surface area contributed by atoms with Crippen molar-refractivity contribution < 1.29 is 9.90 Å². The van der Waals surface area contributed by atoms with E-state index < -0.39 is 11.9 Å². The van der Waals surface area contributed by atoms with Crippen molar-refractivity contribution in [2.75, 3.05) is 0 Å². The van der Waals surface area contributed by atoms with E-state index >= 15 is 0 Å². The van der Waals surface area contributed by atoms with Gasteiger partial charge in [-0.15, -0.1) is 0 Å². The first-order chi connectivity index (χ1) is 9.60. The van der Waals surface area contributed by atoms with Crippen LogP contribution in [0.1, 0.15) is 42.8 Å².